The molecule has 0 radical (unpaired) electrons. The molecule has 11 nitrogen and oxygen atoms in total. The molecule has 0 spiro atoms. The Kier molecular flexibility index (Phi) is 11.9. The second-order valence-electron chi connectivity index (χ2n) is 19.5. The Balaban J connectivity index is 0.00000157. The molecule has 12 heteroatoms. The lowest BCUT2D eigenvalue weighted by Gasteiger charge is -2.40. The molecule has 1 aromatic heterocycles. The number of nitrogens with two attached hydrogens (primary N) is 1. The summed E-state index contributed by atoms with van der Waals surface area (Å²) < 4.78 is 7.26. The number of hydrogen-bond acceptors (Lipinski definition) is 11. The zero-order valence-corrected chi connectivity index (χ0v) is 36.4. The number of piperazine rings is 1. The molecular weight excluding hydrogens is 757 g/mol. The number of benzene rings is 2. The number of rotatable bonds is 12. The number of piperidine rings is 1. The fourth-order valence-corrected chi connectivity index (χ4v) is 10.8. The van der Waals surface area contributed by atoms with Crippen LogP contribution in [0.4, 0.5) is 22.9 Å². The van der Waals surface area contributed by atoms with Crippen LogP contribution in [0.2, 0.25) is 0 Å². The highest BCUT2D eigenvalue weighted by molar-refractivity contribution is 7.91. The number of nitro groups is 1. The highest BCUT2D eigenvalue weighted by atomic mass is 32.2. The number of likely N-dealkylation sites (tertiary alicyclic amines) is 1. The maximum absolute atomic E-state index is 12.4. The van der Waals surface area contributed by atoms with E-state index in [1.165, 1.54) is 54.5 Å². The van der Waals surface area contributed by atoms with E-state index in [1.54, 1.807) is 11.6 Å². The van der Waals surface area contributed by atoms with E-state index in [4.69, 9.17) is 9.54 Å². The SMILES string of the molecule is C=C(c1ccc(NCC2CCCN(C)C2)c([N+](=O)[O-])c1)c1ccc(N2CCN(CC3=C(C45CC4(C)C5)CC(C)(C)CC3)CC2)cc1Cc1cnc2c(c1)CCN2.NSO. The number of anilines is 3. The number of nitrogens with one attached hydrogen (secondary N) is 2. The van der Waals surface area contributed by atoms with E-state index >= 15 is 0 Å². The Bertz CT molecular complexity index is 2100. The summed E-state index contributed by atoms with van der Waals surface area (Å²) in [7, 11) is 2.15. The van der Waals surface area contributed by atoms with Crippen LogP contribution in [0.1, 0.15) is 93.5 Å². The molecule has 2 saturated heterocycles. The number of pyridine rings is 1. The van der Waals surface area contributed by atoms with Crippen LogP contribution in [-0.4, -0.2) is 90.2 Å². The lowest BCUT2D eigenvalue weighted by Crippen LogP contribution is -2.47. The highest BCUT2D eigenvalue weighted by Crippen LogP contribution is 2.90. The van der Waals surface area contributed by atoms with E-state index in [2.05, 4.69) is 89.1 Å². The van der Waals surface area contributed by atoms with Crippen molar-refractivity contribution in [2.24, 2.45) is 27.3 Å². The van der Waals surface area contributed by atoms with Crippen LogP contribution in [0.25, 0.3) is 5.57 Å². The first-order chi connectivity index (χ1) is 28.3. The molecule has 2 saturated carbocycles. The molecule has 5 N–H and O–H groups in total. The van der Waals surface area contributed by atoms with Crippen molar-refractivity contribution in [3.8, 4) is 0 Å². The second-order valence-corrected chi connectivity index (χ2v) is 19.7. The predicted molar refractivity (Wildman–Crippen MR) is 243 cm³/mol. The highest BCUT2D eigenvalue weighted by Gasteiger charge is 2.81. The summed E-state index contributed by atoms with van der Waals surface area (Å²) in [6.07, 6.45) is 12.7. The summed E-state index contributed by atoms with van der Waals surface area (Å²) in [4.78, 5) is 24.5. The van der Waals surface area contributed by atoms with Crippen LogP contribution in [-0.2, 0) is 12.8 Å². The van der Waals surface area contributed by atoms with Gasteiger partial charge in [0.1, 0.15) is 11.5 Å². The fourth-order valence-electron chi connectivity index (χ4n) is 10.8. The Labute approximate surface area is 355 Å². The van der Waals surface area contributed by atoms with Gasteiger partial charge in [-0.15, -0.1) is 0 Å². The third-order valence-corrected chi connectivity index (χ3v) is 14.6. The minimum absolute atomic E-state index is 0.0990. The van der Waals surface area contributed by atoms with E-state index in [9.17, 15) is 10.1 Å². The molecule has 0 amide bonds. The molecule has 9 rings (SSSR count). The first-order valence-electron chi connectivity index (χ1n) is 21.7. The van der Waals surface area contributed by atoms with Gasteiger partial charge in [-0.25, -0.2) is 4.98 Å². The van der Waals surface area contributed by atoms with Crippen LogP contribution in [0.15, 0.2) is 66.4 Å². The van der Waals surface area contributed by atoms with Gasteiger partial charge in [-0.3, -0.25) is 20.2 Å². The van der Waals surface area contributed by atoms with Crippen molar-refractivity contribution in [3.05, 3.63) is 104 Å². The van der Waals surface area contributed by atoms with Crippen molar-refractivity contribution >= 4 is 40.7 Å². The summed E-state index contributed by atoms with van der Waals surface area (Å²) in [6, 6.07) is 14.6. The summed E-state index contributed by atoms with van der Waals surface area (Å²) in [6.45, 7) is 21.1. The van der Waals surface area contributed by atoms with E-state index in [1.807, 2.05) is 23.9 Å². The van der Waals surface area contributed by atoms with Gasteiger partial charge in [-0.05, 0) is 145 Å². The Morgan fingerprint density at radius 1 is 1.10 bits per heavy atom. The molecule has 4 heterocycles. The van der Waals surface area contributed by atoms with E-state index in [-0.39, 0.29) is 22.8 Å². The average molecular weight is 821 g/mol. The van der Waals surface area contributed by atoms with Gasteiger partial charge >= 0.3 is 0 Å². The Morgan fingerprint density at radius 3 is 2.58 bits per heavy atom. The third-order valence-electron chi connectivity index (χ3n) is 14.6. The van der Waals surface area contributed by atoms with Crippen LogP contribution in [0.3, 0.4) is 0 Å². The monoisotopic (exact) mass is 820 g/mol. The predicted octanol–water partition coefficient (Wildman–Crippen LogP) is 8.86. The minimum Gasteiger partial charge on any atom is -0.379 e. The van der Waals surface area contributed by atoms with E-state index < -0.39 is 0 Å². The summed E-state index contributed by atoms with van der Waals surface area (Å²) in [5.74, 6) is 1.47. The summed E-state index contributed by atoms with van der Waals surface area (Å²) >= 11 is 0.250. The van der Waals surface area contributed by atoms with Crippen LogP contribution in [0, 0.1) is 32.3 Å². The molecule has 3 aliphatic heterocycles. The number of nitrogens with zero attached hydrogens (tertiary/aromatic N) is 5. The molecule has 1 atom stereocenters. The number of hydrogen-bond donors (Lipinski definition) is 4. The Morgan fingerprint density at radius 2 is 1.86 bits per heavy atom. The first-order valence-corrected chi connectivity index (χ1v) is 22.6. The zero-order valence-electron chi connectivity index (χ0n) is 35.6. The van der Waals surface area contributed by atoms with Gasteiger partial charge in [0, 0.05) is 70.3 Å². The number of aromatic nitrogens is 1. The van der Waals surface area contributed by atoms with Crippen LogP contribution in [0.5, 0.6) is 0 Å². The van der Waals surface area contributed by atoms with Crippen molar-refractivity contribution in [2.75, 3.05) is 81.5 Å². The topological polar surface area (TPSA) is 136 Å². The smallest absolute Gasteiger partial charge is 0.292 e. The average Bonchev–Trinajstić information content (AvgIpc) is 3.90. The quantitative estimate of drug-likeness (QED) is 0.0459. The molecular formula is C47H64N8O3S. The van der Waals surface area contributed by atoms with Crippen molar-refractivity contribution < 1.29 is 9.48 Å². The van der Waals surface area contributed by atoms with Gasteiger partial charge in [0.2, 0.25) is 0 Å². The van der Waals surface area contributed by atoms with Gasteiger partial charge in [-0.1, -0.05) is 56.7 Å². The normalized spacial score (nSPS) is 25.9. The maximum Gasteiger partial charge on any atom is 0.292 e. The molecule has 1 unspecified atom stereocenters. The molecule has 3 aliphatic carbocycles. The molecule has 6 aliphatic rings. The lowest BCUT2D eigenvalue weighted by atomic mass is 9.71. The minimum atomic E-state index is -0.263. The number of nitro benzene ring substituents is 1. The van der Waals surface area contributed by atoms with Crippen molar-refractivity contribution in [2.45, 2.75) is 78.6 Å². The number of fused-ring (bicyclic) bond motifs is 2. The van der Waals surface area contributed by atoms with Crippen molar-refractivity contribution in [1.29, 1.82) is 0 Å². The van der Waals surface area contributed by atoms with Crippen molar-refractivity contribution in [1.82, 2.24) is 14.8 Å². The van der Waals surface area contributed by atoms with E-state index in [0.29, 0.717) is 34.3 Å². The van der Waals surface area contributed by atoms with Crippen molar-refractivity contribution in [3.63, 3.8) is 0 Å². The molecule has 2 aromatic carbocycles. The molecule has 0 bridgehead atoms. The van der Waals surface area contributed by atoms with Crippen LogP contribution < -0.4 is 20.7 Å². The largest absolute Gasteiger partial charge is 0.379 e. The molecule has 4 fully saturated rings. The van der Waals surface area contributed by atoms with Gasteiger partial charge < -0.3 is 25.0 Å². The number of allylic oxidation sites excluding steroid dienone is 1. The van der Waals surface area contributed by atoms with E-state index in [0.717, 1.165) is 101 Å². The standard InChI is InChI=1S/C47H61N7O2.H3NOS/c1-32(35-8-11-42(43(24-35)54(55)56)49-26-33-7-6-16-51(5)28-33)40-10-9-39(23-38(40)22-34-21-36-13-15-48-44(36)50-27-34)53-19-17-52(18-20-53)29-37-12-14-45(2,3)25-41(37)47-30-46(47,4)31-47;1-3-2/h8-11,21,23-24,27,33,49H,1,6-7,12-20,22,25-26,28-31H2,2-5H3,(H,48,50);2H,1H2. The maximum atomic E-state index is 12.4. The third kappa shape index (κ3) is 8.93. The Hall–Kier alpha value is -3.94. The van der Waals surface area contributed by atoms with Gasteiger partial charge in [-0.2, -0.15) is 0 Å². The molecule has 59 heavy (non-hydrogen) atoms. The fraction of sp³-hybridized carbons (Fsp3) is 0.553. The summed E-state index contributed by atoms with van der Waals surface area (Å²) in [5, 5.41) is 23.5. The molecule has 316 valence electrons. The van der Waals surface area contributed by atoms with Gasteiger partial charge in [0.15, 0.2) is 0 Å². The first kappa shape index (κ1) is 41.8. The van der Waals surface area contributed by atoms with Gasteiger partial charge in [0.05, 0.1) is 17.2 Å². The second kappa shape index (κ2) is 16.8. The summed E-state index contributed by atoms with van der Waals surface area (Å²) in [5.41, 5.74) is 13.3. The van der Waals surface area contributed by atoms with Crippen LogP contribution >= 0.6 is 12.2 Å². The lowest BCUT2D eigenvalue weighted by molar-refractivity contribution is -0.384. The molecule has 3 aromatic rings. The zero-order chi connectivity index (χ0) is 41.5. The van der Waals surface area contributed by atoms with Gasteiger partial charge in [0.25, 0.3) is 5.69 Å².